The molecule has 1 aromatic carbocycles. The zero-order valence-electron chi connectivity index (χ0n) is 13.7. The molecule has 0 bridgehead atoms. The van der Waals surface area contributed by atoms with Crippen molar-refractivity contribution in [2.24, 2.45) is 5.92 Å². The molecule has 6 nitrogen and oxygen atoms in total. The van der Waals surface area contributed by atoms with Crippen LogP contribution in [0.2, 0.25) is 0 Å². The van der Waals surface area contributed by atoms with Crippen LogP contribution >= 0.6 is 0 Å². The van der Waals surface area contributed by atoms with Gasteiger partial charge in [-0.25, -0.2) is 4.79 Å². The van der Waals surface area contributed by atoms with E-state index in [1.165, 1.54) is 12.1 Å². The van der Waals surface area contributed by atoms with Gasteiger partial charge in [0.15, 0.2) is 5.76 Å². The topological polar surface area (TPSA) is 88.8 Å². The summed E-state index contributed by atoms with van der Waals surface area (Å²) in [5.41, 5.74) is 1.07. The Morgan fingerprint density at radius 1 is 1.12 bits per heavy atom. The number of ether oxygens (including phenoxy) is 1. The first kappa shape index (κ1) is 17.6. The summed E-state index contributed by atoms with van der Waals surface area (Å²) in [7, 11) is 0. The van der Waals surface area contributed by atoms with E-state index in [9.17, 15) is 9.59 Å². The molecular formula is C18H21NO5. The number of hydrogen-bond acceptors (Lipinski definition) is 4. The number of nitrogens with one attached hydrogen (secondary N) is 1. The Morgan fingerprint density at radius 2 is 1.79 bits per heavy atom. The SMILES string of the molecule is CC(C)COc1ccc(CCNC(=O)c2ccc(C(=O)O)o2)cc1. The van der Waals surface area contributed by atoms with Gasteiger partial charge in [-0.2, -0.15) is 0 Å². The molecular weight excluding hydrogens is 310 g/mol. The number of amides is 1. The van der Waals surface area contributed by atoms with Crippen LogP contribution in [-0.4, -0.2) is 30.1 Å². The number of benzene rings is 1. The van der Waals surface area contributed by atoms with E-state index >= 15 is 0 Å². The molecule has 0 aliphatic carbocycles. The summed E-state index contributed by atoms with van der Waals surface area (Å²) in [6.45, 7) is 5.29. The largest absolute Gasteiger partial charge is 0.493 e. The fourth-order valence-electron chi connectivity index (χ4n) is 2.00. The van der Waals surface area contributed by atoms with E-state index in [1.807, 2.05) is 24.3 Å². The van der Waals surface area contributed by atoms with Gasteiger partial charge < -0.3 is 19.6 Å². The lowest BCUT2D eigenvalue weighted by Gasteiger charge is -2.09. The van der Waals surface area contributed by atoms with Gasteiger partial charge in [-0.1, -0.05) is 26.0 Å². The van der Waals surface area contributed by atoms with Gasteiger partial charge in [-0.05, 0) is 42.2 Å². The van der Waals surface area contributed by atoms with Crippen molar-refractivity contribution in [2.75, 3.05) is 13.2 Å². The molecule has 0 fully saturated rings. The lowest BCUT2D eigenvalue weighted by atomic mass is 10.1. The Bertz CT molecular complexity index is 688. The van der Waals surface area contributed by atoms with E-state index < -0.39 is 11.9 Å². The number of furan rings is 1. The van der Waals surface area contributed by atoms with Gasteiger partial charge in [0.25, 0.3) is 5.91 Å². The molecule has 0 aliphatic rings. The predicted octanol–water partition coefficient (Wildman–Crippen LogP) is 2.99. The minimum absolute atomic E-state index is 0.00941. The monoisotopic (exact) mass is 331 g/mol. The van der Waals surface area contributed by atoms with Crippen molar-refractivity contribution >= 4 is 11.9 Å². The molecule has 0 saturated heterocycles. The molecule has 0 spiro atoms. The van der Waals surface area contributed by atoms with Crippen LogP contribution in [0.3, 0.4) is 0 Å². The number of carbonyl (C=O) groups excluding carboxylic acids is 1. The van der Waals surface area contributed by atoms with Crippen LogP contribution in [0.1, 0.15) is 40.5 Å². The Labute approximate surface area is 140 Å². The Kier molecular flexibility index (Phi) is 6.01. The third kappa shape index (κ3) is 5.15. The first-order valence-electron chi connectivity index (χ1n) is 7.79. The van der Waals surface area contributed by atoms with Gasteiger partial charge in [-0.15, -0.1) is 0 Å². The van der Waals surface area contributed by atoms with E-state index in [-0.39, 0.29) is 11.5 Å². The minimum atomic E-state index is -1.20. The summed E-state index contributed by atoms with van der Waals surface area (Å²) in [4.78, 5) is 22.6. The molecule has 6 heteroatoms. The second kappa shape index (κ2) is 8.19. The molecule has 0 unspecified atom stereocenters. The van der Waals surface area contributed by atoms with Crippen LogP contribution in [0, 0.1) is 5.92 Å². The van der Waals surface area contributed by atoms with Crippen LogP contribution in [0.5, 0.6) is 5.75 Å². The molecule has 24 heavy (non-hydrogen) atoms. The van der Waals surface area contributed by atoms with Crippen LogP contribution in [0.15, 0.2) is 40.8 Å². The number of hydrogen-bond donors (Lipinski definition) is 2. The standard InChI is InChI=1S/C18H21NO5/c1-12(2)11-23-14-5-3-13(4-6-14)9-10-19-17(20)15-7-8-16(24-15)18(21)22/h3-8,12H,9-11H2,1-2H3,(H,19,20)(H,21,22). The summed E-state index contributed by atoms with van der Waals surface area (Å²) < 4.78 is 10.6. The Morgan fingerprint density at radius 3 is 2.38 bits per heavy atom. The van der Waals surface area contributed by atoms with Crippen molar-refractivity contribution in [1.82, 2.24) is 5.32 Å². The molecule has 1 heterocycles. The molecule has 0 atom stereocenters. The van der Waals surface area contributed by atoms with E-state index in [0.29, 0.717) is 25.5 Å². The maximum absolute atomic E-state index is 11.9. The highest BCUT2D eigenvalue weighted by Crippen LogP contribution is 2.13. The fraction of sp³-hybridized carbons (Fsp3) is 0.333. The van der Waals surface area contributed by atoms with Crippen LogP contribution in [-0.2, 0) is 6.42 Å². The van der Waals surface area contributed by atoms with Gasteiger partial charge in [0.1, 0.15) is 5.75 Å². The maximum Gasteiger partial charge on any atom is 0.371 e. The van der Waals surface area contributed by atoms with Gasteiger partial charge in [0.2, 0.25) is 5.76 Å². The van der Waals surface area contributed by atoms with Crippen molar-refractivity contribution < 1.29 is 23.8 Å². The summed E-state index contributed by atoms with van der Waals surface area (Å²) in [6.07, 6.45) is 0.655. The predicted molar refractivity (Wildman–Crippen MR) is 88.5 cm³/mol. The van der Waals surface area contributed by atoms with Crippen molar-refractivity contribution in [2.45, 2.75) is 20.3 Å². The highest BCUT2D eigenvalue weighted by Gasteiger charge is 2.14. The third-order valence-corrected chi connectivity index (χ3v) is 3.25. The average Bonchev–Trinajstić information content (AvgIpc) is 3.04. The maximum atomic E-state index is 11.9. The number of carbonyl (C=O) groups is 2. The highest BCUT2D eigenvalue weighted by atomic mass is 16.5. The van der Waals surface area contributed by atoms with Crippen molar-refractivity contribution in [1.29, 1.82) is 0 Å². The van der Waals surface area contributed by atoms with Crippen molar-refractivity contribution in [3.05, 3.63) is 53.5 Å². The number of carboxylic acid groups (broad SMARTS) is 1. The molecule has 0 radical (unpaired) electrons. The zero-order valence-corrected chi connectivity index (χ0v) is 13.7. The zero-order chi connectivity index (χ0) is 17.5. The molecule has 2 N–H and O–H groups in total. The quantitative estimate of drug-likeness (QED) is 0.776. The first-order chi connectivity index (χ1) is 11.5. The third-order valence-electron chi connectivity index (χ3n) is 3.25. The first-order valence-corrected chi connectivity index (χ1v) is 7.79. The summed E-state index contributed by atoms with van der Waals surface area (Å²) in [6, 6.07) is 10.3. The second-order valence-electron chi connectivity index (χ2n) is 5.82. The molecule has 0 saturated carbocycles. The van der Waals surface area contributed by atoms with Gasteiger partial charge in [0, 0.05) is 6.54 Å². The summed E-state index contributed by atoms with van der Waals surface area (Å²) in [5, 5.41) is 11.5. The lowest BCUT2D eigenvalue weighted by molar-refractivity contribution is 0.0659. The fourth-order valence-corrected chi connectivity index (χ4v) is 2.00. The molecule has 128 valence electrons. The lowest BCUT2D eigenvalue weighted by Crippen LogP contribution is -2.25. The highest BCUT2D eigenvalue weighted by molar-refractivity contribution is 5.93. The van der Waals surface area contributed by atoms with Gasteiger partial charge in [-0.3, -0.25) is 4.79 Å². The van der Waals surface area contributed by atoms with Crippen molar-refractivity contribution in [3.63, 3.8) is 0 Å². The van der Waals surface area contributed by atoms with Crippen molar-refractivity contribution in [3.8, 4) is 5.75 Å². The van der Waals surface area contributed by atoms with E-state index in [1.54, 1.807) is 0 Å². The number of aromatic carboxylic acids is 1. The molecule has 2 rings (SSSR count). The molecule has 1 aromatic heterocycles. The molecule has 1 amide bonds. The Balaban J connectivity index is 1.78. The van der Waals surface area contributed by atoms with Crippen LogP contribution in [0.4, 0.5) is 0 Å². The Hall–Kier alpha value is -2.76. The number of carboxylic acids is 1. The van der Waals surface area contributed by atoms with Crippen LogP contribution < -0.4 is 10.1 Å². The van der Waals surface area contributed by atoms with Gasteiger partial charge >= 0.3 is 5.97 Å². The van der Waals surface area contributed by atoms with Gasteiger partial charge in [0.05, 0.1) is 6.61 Å². The summed E-state index contributed by atoms with van der Waals surface area (Å²) >= 11 is 0. The molecule has 0 aliphatic heterocycles. The normalized spacial score (nSPS) is 10.6. The van der Waals surface area contributed by atoms with E-state index in [0.717, 1.165) is 11.3 Å². The smallest absolute Gasteiger partial charge is 0.371 e. The number of rotatable bonds is 8. The minimum Gasteiger partial charge on any atom is -0.493 e. The van der Waals surface area contributed by atoms with E-state index in [2.05, 4.69) is 19.2 Å². The average molecular weight is 331 g/mol. The van der Waals surface area contributed by atoms with Crippen LogP contribution in [0.25, 0.3) is 0 Å². The van der Waals surface area contributed by atoms with E-state index in [4.69, 9.17) is 14.3 Å². The molecule has 2 aromatic rings. The summed E-state index contributed by atoms with van der Waals surface area (Å²) in [5.74, 6) is -0.591. The second-order valence-corrected chi connectivity index (χ2v) is 5.82.